The van der Waals surface area contributed by atoms with Crippen LogP contribution in [0.25, 0.3) is 10.8 Å². The summed E-state index contributed by atoms with van der Waals surface area (Å²) in [6, 6.07) is 15.2. The summed E-state index contributed by atoms with van der Waals surface area (Å²) >= 11 is 5.82. The number of benzene rings is 2. The number of likely N-dealkylation sites (N-methyl/N-ethyl adjacent to an activating group) is 1. The van der Waals surface area contributed by atoms with Crippen LogP contribution in [0.2, 0.25) is 5.15 Å². The van der Waals surface area contributed by atoms with Crippen molar-refractivity contribution in [2.75, 3.05) is 25.0 Å². The first-order chi connectivity index (χ1) is 16.9. The van der Waals surface area contributed by atoms with E-state index in [0.717, 1.165) is 17.4 Å². The van der Waals surface area contributed by atoms with Crippen LogP contribution in [0, 0.1) is 5.82 Å². The Morgan fingerprint density at radius 3 is 2.74 bits per heavy atom. The fraction of sp³-hybridized carbons (Fsp3) is 0.240. The van der Waals surface area contributed by atoms with Gasteiger partial charge >= 0.3 is 0 Å². The molecule has 2 aromatic carbocycles. The number of fused-ring (bicyclic) bond motifs is 1. The van der Waals surface area contributed by atoms with E-state index in [2.05, 4.69) is 20.4 Å². The van der Waals surface area contributed by atoms with Gasteiger partial charge in [0.25, 0.3) is 11.5 Å². The Balaban J connectivity index is 1.35. The van der Waals surface area contributed by atoms with Gasteiger partial charge in [-0.05, 0) is 42.3 Å². The summed E-state index contributed by atoms with van der Waals surface area (Å²) in [6.45, 7) is 0.945. The van der Waals surface area contributed by atoms with Crippen LogP contribution in [-0.2, 0) is 6.42 Å². The van der Waals surface area contributed by atoms with Gasteiger partial charge < -0.3 is 9.80 Å². The van der Waals surface area contributed by atoms with Gasteiger partial charge in [0.1, 0.15) is 5.82 Å². The summed E-state index contributed by atoms with van der Waals surface area (Å²) in [5.41, 5.74) is 1.13. The molecule has 8 nitrogen and oxygen atoms in total. The van der Waals surface area contributed by atoms with Crippen LogP contribution in [0.5, 0.6) is 0 Å². The number of nitrogens with one attached hydrogen (secondary N) is 1. The van der Waals surface area contributed by atoms with Crippen LogP contribution < -0.4 is 10.5 Å². The van der Waals surface area contributed by atoms with Gasteiger partial charge in [0.15, 0.2) is 11.0 Å². The van der Waals surface area contributed by atoms with E-state index in [0.29, 0.717) is 41.6 Å². The number of amides is 1. The molecule has 0 bridgehead atoms. The van der Waals surface area contributed by atoms with E-state index in [4.69, 9.17) is 11.6 Å². The van der Waals surface area contributed by atoms with Gasteiger partial charge in [0.2, 0.25) is 0 Å². The summed E-state index contributed by atoms with van der Waals surface area (Å²) in [4.78, 5) is 28.9. The predicted molar refractivity (Wildman–Crippen MR) is 131 cm³/mol. The number of hydrogen-bond donors (Lipinski definition) is 1. The lowest BCUT2D eigenvalue weighted by atomic mass is 10.0. The normalized spacial score (nSPS) is 15.5. The van der Waals surface area contributed by atoms with Gasteiger partial charge in [0, 0.05) is 38.0 Å². The van der Waals surface area contributed by atoms with Crippen molar-refractivity contribution in [3.63, 3.8) is 0 Å². The van der Waals surface area contributed by atoms with Crippen molar-refractivity contribution in [1.82, 2.24) is 25.3 Å². The maximum absolute atomic E-state index is 14.7. The summed E-state index contributed by atoms with van der Waals surface area (Å²) in [5, 5.41) is 16.2. The van der Waals surface area contributed by atoms with E-state index < -0.39 is 5.82 Å². The Morgan fingerprint density at radius 1 is 1.17 bits per heavy atom. The van der Waals surface area contributed by atoms with E-state index >= 15 is 0 Å². The lowest BCUT2D eigenvalue weighted by Gasteiger charge is -2.25. The summed E-state index contributed by atoms with van der Waals surface area (Å²) in [5.74, 6) is -0.275. The first-order valence-corrected chi connectivity index (χ1v) is 11.5. The standard InChI is InChI=1S/C25H22ClFN6O2/c1-32(23-9-8-22(26)29-30-23)16-10-11-33(14-16)25(35)19-12-15(6-7-20(19)27)13-21-17-4-2-3-5-18(17)24(34)31-28-21/h2-9,12,16H,10-11,13-14H2,1H3,(H,31,34)/t16-/m1/s1. The number of rotatable bonds is 5. The molecule has 1 saturated heterocycles. The molecule has 0 aliphatic carbocycles. The van der Waals surface area contributed by atoms with Gasteiger partial charge in [-0.15, -0.1) is 10.2 Å². The Labute approximate surface area is 205 Å². The van der Waals surface area contributed by atoms with Crippen molar-refractivity contribution in [3.05, 3.63) is 92.7 Å². The summed E-state index contributed by atoms with van der Waals surface area (Å²) in [6.07, 6.45) is 1.07. The molecule has 0 saturated carbocycles. The monoisotopic (exact) mass is 492 g/mol. The SMILES string of the molecule is CN(c1ccc(Cl)nn1)[C@@H]1CCN(C(=O)c2cc(Cc3n[nH]c(=O)c4ccccc34)ccc2F)C1. The first-order valence-electron chi connectivity index (χ1n) is 11.2. The number of carbonyl (C=O) groups excluding carboxylic acids is 1. The number of likely N-dealkylation sites (tertiary alicyclic amines) is 1. The number of anilines is 1. The zero-order valence-corrected chi connectivity index (χ0v) is 19.7. The van der Waals surface area contributed by atoms with Crippen molar-refractivity contribution in [1.29, 1.82) is 0 Å². The van der Waals surface area contributed by atoms with Gasteiger partial charge in [-0.2, -0.15) is 5.10 Å². The first kappa shape index (κ1) is 22.9. The zero-order valence-electron chi connectivity index (χ0n) is 18.9. The molecule has 0 radical (unpaired) electrons. The van der Waals surface area contributed by atoms with E-state index in [1.165, 1.54) is 6.07 Å². The van der Waals surface area contributed by atoms with E-state index in [-0.39, 0.29) is 23.1 Å². The molecular formula is C25H22ClFN6O2. The molecular weight excluding hydrogens is 471 g/mol. The van der Waals surface area contributed by atoms with Crippen LogP contribution in [-0.4, -0.2) is 57.4 Å². The third-order valence-electron chi connectivity index (χ3n) is 6.39. The highest BCUT2D eigenvalue weighted by Crippen LogP contribution is 2.24. The fourth-order valence-corrected chi connectivity index (χ4v) is 4.54. The molecule has 3 heterocycles. The molecule has 4 aromatic rings. The molecule has 1 aliphatic heterocycles. The minimum absolute atomic E-state index is 0.0193. The third-order valence-corrected chi connectivity index (χ3v) is 6.59. The summed E-state index contributed by atoms with van der Waals surface area (Å²) < 4.78 is 14.7. The van der Waals surface area contributed by atoms with Crippen molar-refractivity contribution in [3.8, 4) is 0 Å². The second-order valence-electron chi connectivity index (χ2n) is 8.55. The summed E-state index contributed by atoms with van der Waals surface area (Å²) in [7, 11) is 1.89. The van der Waals surface area contributed by atoms with Crippen LogP contribution in [0.15, 0.2) is 59.4 Å². The lowest BCUT2D eigenvalue weighted by Crippen LogP contribution is -2.37. The second-order valence-corrected chi connectivity index (χ2v) is 8.94. The minimum atomic E-state index is -0.571. The van der Waals surface area contributed by atoms with E-state index in [1.807, 2.05) is 24.1 Å². The van der Waals surface area contributed by atoms with Crippen LogP contribution in [0.1, 0.15) is 28.0 Å². The molecule has 35 heavy (non-hydrogen) atoms. The maximum Gasteiger partial charge on any atom is 0.272 e. The molecule has 1 aliphatic rings. The van der Waals surface area contributed by atoms with Crippen molar-refractivity contribution >= 4 is 34.1 Å². The second kappa shape index (κ2) is 9.42. The van der Waals surface area contributed by atoms with E-state index in [1.54, 1.807) is 41.3 Å². The van der Waals surface area contributed by atoms with Crippen LogP contribution in [0.3, 0.4) is 0 Å². The number of H-pyrrole nitrogens is 1. The van der Waals surface area contributed by atoms with Gasteiger partial charge in [0.05, 0.1) is 16.6 Å². The third kappa shape index (κ3) is 4.59. The molecule has 0 unspecified atom stereocenters. The van der Waals surface area contributed by atoms with Gasteiger partial charge in [-0.1, -0.05) is 35.9 Å². The molecule has 2 aromatic heterocycles. The molecule has 1 amide bonds. The van der Waals surface area contributed by atoms with Crippen molar-refractivity contribution < 1.29 is 9.18 Å². The predicted octanol–water partition coefficient (Wildman–Crippen LogP) is 3.45. The topological polar surface area (TPSA) is 95.1 Å². The minimum Gasteiger partial charge on any atom is -0.353 e. The highest BCUT2D eigenvalue weighted by molar-refractivity contribution is 6.29. The highest BCUT2D eigenvalue weighted by atomic mass is 35.5. The Hall–Kier alpha value is -3.85. The molecule has 1 fully saturated rings. The smallest absolute Gasteiger partial charge is 0.272 e. The Bertz CT molecular complexity index is 1460. The van der Waals surface area contributed by atoms with Crippen molar-refractivity contribution in [2.24, 2.45) is 0 Å². The van der Waals surface area contributed by atoms with Gasteiger partial charge in [-0.25, -0.2) is 9.49 Å². The fourth-order valence-electron chi connectivity index (χ4n) is 4.44. The lowest BCUT2D eigenvalue weighted by molar-refractivity contribution is 0.0786. The highest BCUT2D eigenvalue weighted by Gasteiger charge is 2.31. The van der Waals surface area contributed by atoms with Crippen LogP contribution in [0.4, 0.5) is 10.2 Å². The number of nitrogens with zero attached hydrogens (tertiary/aromatic N) is 5. The number of carbonyl (C=O) groups is 1. The number of hydrogen-bond acceptors (Lipinski definition) is 6. The van der Waals surface area contributed by atoms with Crippen LogP contribution >= 0.6 is 11.6 Å². The Kier molecular flexibility index (Phi) is 6.17. The maximum atomic E-state index is 14.7. The quantitative estimate of drug-likeness (QED) is 0.458. The average molecular weight is 493 g/mol. The molecule has 178 valence electrons. The number of aromatic nitrogens is 4. The average Bonchev–Trinajstić information content (AvgIpc) is 3.37. The molecule has 1 N–H and O–H groups in total. The molecule has 5 rings (SSSR count). The van der Waals surface area contributed by atoms with Crippen molar-refractivity contribution in [2.45, 2.75) is 18.9 Å². The molecule has 10 heteroatoms. The number of halogens is 2. The molecule has 1 atom stereocenters. The van der Waals surface area contributed by atoms with E-state index in [9.17, 15) is 14.0 Å². The number of aromatic amines is 1. The largest absolute Gasteiger partial charge is 0.353 e. The molecule has 0 spiro atoms. The Morgan fingerprint density at radius 2 is 1.97 bits per heavy atom. The van der Waals surface area contributed by atoms with Gasteiger partial charge in [-0.3, -0.25) is 9.59 Å². The zero-order chi connectivity index (χ0) is 24.5.